The van der Waals surface area contributed by atoms with Gasteiger partial charge in [-0.1, -0.05) is 24.3 Å². The molecule has 0 radical (unpaired) electrons. The second-order valence-electron chi connectivity index (χ2n) is 3.84. The van der Waals surface area contributed by atoms with Crippen LogP contribution in [-0.4, -0.2) is 13.1 Å². The van der Waals surface area contributed by atoms with Crippen LogP contribution in [0.15, 0.2) is 48.5 Å². The molecule has 2 aromatic rings. The predicted molar refractivity (Wildman–Crippen MR) is 69.1 cm³/mol. The van der Waals surface area contributed by atoms with Crippen molar-refractivity contribution in [1.82, 2.24) is 0 Å². The van der Waals surface area contributed by atoms with Gasteiger partial charge in [0, 0.05) is 5.56 Å². The van der Waals surface area contributed by atoms with Crippen LogP contribution in [0, 0.1) is 6.92 Å². The number of ether oxygens (including phenoxy) is 2. The zero-order valence-electron chi connectivity index (χ0n) is 10.3. The largest absolute Gasteiger partial charge is 0.496 e. The molecule has 2 aromatic carbocycles. The van der Waals surface area contributed by atoms with Gasteiger partial charge in [-0.15, -0.1) is 0 Å². The van der Waals surface area contributed by atoms with Crippen molar-refractivity contribution in [3.8, 4) is 11.5 Å². The molecule has 0 saturated carbocycles. The summed E-state index contributed by atoms with van der Waals surface area (Å²) in [7, 11) is 1.58. The van der Waals surface area contributed by atoms with Crippen molar-refractivity contribution in [2.45, 2.75) is 6.92 Å². The van der Waals surface area contributed by atoms with Gasteiger partial charge >= 0.3 is 5.97 Å². The van der Waals surface area contributed by atoms with Crippen LogP contribution in [0.3, 0.4) is 0 Å². The summed E-state index contributed by atoms with van der Waals surface area (Å²) in [6.07, 6.45) is 0. The Hall–Kier alpha value is -2.29. The summed E-state index contributed by atoms with van der Waals surface area (Å²) < 4.78 is 10.5. The molecule has 0 aliphatic heterocycles. The maximum Gasteiger partial charge on any atom is 0.343 e. The first-order valence-corrected chi connectivity index (χ1v) is 5.63. The third kappa shape index (κ3) is 2.51. The normalized spacial score (nSPS) is 9.89. The highest BCUT2D eigenvalue weighted by Gasteiger charge is 2.13. The van der Waals surface area contributed by atoms with Crippen molar-refractivity contribution < 1.29 is 14.3 Å². The molecule has 0 atom stereocenters. The molecule has 3 nitrogen and oxygen atoms in total. The highest BCUT2D eigenvalue weighted by Crippen LogP contribution is 2.22. The van der Waals surface area contributed by atoms with Gasteiger partial charge in [-0.3, -0.25) is 0 Å². The summed E-state index contributed by atoms with van der Waals surface area (Å²) in [5, 5.41) is 0. The van der Waals surface area contributed by atoms with Gasteiger partial charge in [0.2, 0.25) is 0 Å². The van der Waals surface area contributed by atoms with E-state index in [4.69, 9.17) is 9.47 Å². The van der Waals surface area contributed by atoms with E-state index in [2.05, 4.69) is 0 Å². The molecule has 0 aliphatic rings. The smallest absolute Gasteiger partial charge is 0.343 e. The quantitative estimate of drug-likeness (QED) is 0.612. The zero-order chi connectivity index (χ0) is 13.0. The molecular weight excluding hydrogens is 228 g/mol. The van der Waals surface area contributed by atoms with Gasteiger partial charge in [0.1, 0.15) is 11.5 Å². The Morgan fingerprint density at radius 3 is 2.39 bits per heavy atom. The van der Waals surface area contributed by atoms with Crippen LogP contribution >= 0.6 is 0 Å². The number of hydrogen-bond donors (Lipinski definition) is 0. The van der Waals surface area contributed by atoms with Gasteiger partial charge < -0.3 is 9.47 Å². The molecule has 2 rings (SSSR count). The van der Waals surface area contributed by atoms with Crippen LogP contribution in [0.5, 0.6) is 11.5 Å². The third-order valence-corrected chi connectivity index (χ3v) is 2.68. The van der Waals surface area contributed by atoms with E-state index in [1.54, 1.807) is 31.4 Å². The summed E-state index contributed by atoms with van der Waals surface area (Å²) in [6, 6.07) is 14.3. The van der Waals surface area contributed by atoms with E-state index in [0.29, 0.717) is 17.1 Å². The first-order valence-electron chi connectivity index (χ1n) is 5.63. The van der Waals surface area contributed by atoms with Crippen molar-refractivity contribution in [2.75, 3.05) is 7.11 Å². The zero-order valence-corrected chi connectivity index (χ0v) is 10.3. The molecule has 0 aliphatic carbocycles. The summed E-state index contributed by atoms with van der Waals surface area (Å²) in [4.78, 5) is 12.0. The Morgan fingerprint density at radius 1 is 1.00 bits per heavy atom. The molecule has 92 valence electrons. The Balaban J connectivity index is 2.24. The third-order valence-electron chi connectivity index (χ3n) is 2.68. The molecule has 0 fully saturated rings. The average molecular weight is 242 g/mol. The lowest BCUT2D eigenvalue weighted by Gasteiger charge is -2.09. The van der Waals surface area contributed by atoms with E-state index < -0.39 is 0 Å². The van der Waals surface area contributed by atoms with Crippen molar-refractivity contribution in [2.24, 2.45) is 0 Å². The molecule has 0 spiro atoms. The van der Waals surface area contributed by atoms with Gasteiger partial charge in [0.05, 0.1) is 12.7 Å². The Morgan fingerprint density at radius 2 is 1.72 bits per heavy atom. The maximum atomic E-state index is 12.0. The molecule has 0 heterocycles. The topological polar surface area (TPSA) is 35.5 Å². The van der Waals surface area contributed by atoms with E-state index in [1.807, 2.05) is 31.2 Å². The van der Waals surface area contributed by atoms with Crippen molar-refractivity contribution >= 4 is 5.97 Å². The van der Waals surface area contributed by atoms with E-state index >= 15 is 0 Å². The summed E-state index contributed by atoms with van der Waals surface area (Å²) in [5.74, 6) is 0.833. The molecule has 0 bridgehead atoms. The minimum absolute atomic E-state index is 0.377. The van der Waals surface area contributed by atoms with Gasteiger partial charge in [-0.05, 0) is 31.2 Å². The number of methoxy groups -OCH3 is 1. The molecule has 0 saturated heterocycles. The van der Waals surface area contributed by atoms with Crippen LogP contribution in [0.2, 0.25) is 0 Å². The molecule has 0 amide bonds. The van der Waals surface area contributed by atoms with Gasteiger partial charge in [-0.25, -0.2) is 4.79 Å². The van der Waals surface area contributed by atoms with Gasteiger partial charge in [-0.2, -0.15) is 0 Å². The average Bonchev–Trinajstić information content (AvgIpc) is 2.40. The van der Waals surface area contributed by atoms with Crippen molar-refractivity contribution in [1.29, 1.82) is 0 Å². The number of hydrogen-bond acceptors (Lipinski definition) is 3. The van der Waals surface area contributed by atoms with Crippen LogP contribution in [0.1, 0.15) is 15.9 Å². The lowest BCUT2D eigenvalue weighted by molar-refractivity contribution is 0.0733. The summed E-state index contributed by atoms with van der Waals surface area (Å²) in [5.41, 5.74) is 1.29. The Labute approximate surface area is 106 Å². The molecule has 0 unspecified atom stereocenters. The minimum atomic E-state index is -0.377. The van der Waals surface area contributed by atoms with E-state index in [1.165, 1.54) is 0 Å². The fourth-order valence-electron chi connectivity index (χ4n) is 1.71. The van der Waals surface area contributed by atoms with Crippen LogP contribution in [-0.2, 0) is 0 Å². The fraction of sp³-hybridized carbons (Fsp3) is 0.133. The Bertz CT molecular complexity index is 547. The highest BCUT2D eigenvalue weighted by atomic mass is 16.5. The highest BCUT2D eigenvalue weighted by molar-refractivity contribution is 5.93. The second kappa shape index (κ2) is 5.36. The number of esters is 1. The lowest BCUT2D eigenvalue weighted by atomic mass is 10.1. The van der Waals surface area contributed by atoms with E-state index in [-0.39, 0.29) is 5.97 Å². The minimum Gasteiger partial charge on any atom is -0.496 e. The molecule has 3 heteroatoms. The first kappa shape index (κ1) is 12.2. The molecule has 0 aromatic heterocycles. The number of carbonyl (C=O) groups is 1. The Kier molecular flexibility index (Phi) is 3.63. The molecule has 0 N–H and O–H groups in total. The van der Waals surface area contributed by atoms with Gasteiger partial charge in [0.25, 0.3) is 0 Å². The predicted octanol–water partition coefficient (Wildman–Crippen LogP) is 3.22. The van der Waals surface area contributed by atoms with Crippen LogP contribution in [0.25, 0.3) is 0 Å². The SMILES string of the molecule is COc1cccc(C(=O)Oc2ccccc2)c1C. The second-order valence-corrected chi connectivity index (χ2v) is 3.84. The fourth-order valence-corrected chi connectivity index (χ4v) is 1.71. The number of para-hydroxylation sites is 1. The van der Waals surface area contributed by atoms with Crippen molar-refractivity contribution in [3.63, 3.8) is 0 Å². The first-order chi connectivity index (χ1) is 8.72. The standard InChI is InChI=1S/C15H14O3/c1-11-13(9-6-10-14(11)17-2)15(16)18-12-7-4-3-5-8-12/h3-10H,1-2H3. The number of rotatable bonds is 3. The molecule has 18 heavy (non-hydrogen) atoms. The maximum absolute atomic E-state index is 12.0. The lowest BCUT2D eigenvalue weighted by Crippen LogP contribution is -2.10. The number of carbonyl (C=O) groups excluding carboxylic acids is 1. The summed E-state index contributed by atoms with van der Waals surface area (Å²) >= 11 is 0. The summed E-state index contributed by atoms with van der Waals surface area (Å²) in [6.45, 7) is 1.83. The molecular formula is C15H14O3. The van der Waals surface area contributed by atoms with E-state index in [9.17, 15) is 4.79 Å². The monoisotopic (exact) mass is 242 g/mol. The van der Waals surface area contributed by atoms with Gasteiger partial charge in [0.15, 0.2) is 0 Å². The van der Waals surface area contributed by atoms with E-state index in [0.717, 1.165) is 5.56 Å². The van der Waals surface area contributed by atoms with Crippen molar-refractivity contribution in [3.05, 3.63) is 59.7 Å². The van der Waals surface area contributed by atoms with Crippen LogP contribution < -0.4 is 9.47 Å². The van der Waals surface area contributed by atoms with Crippen LogP contribution in [0.4, 0.5) is 0 Å². The number of benzene rings is 2.